The van der Waals surface area contributed by atoms with E-state index in [1.165, 1.54) is 48.5 Å². The highest BCUT2D eigenvalue weighted by Gasteiger charge is 2.09. The van der Waals surface area contributed by atoms with E-state index in [0.717, 1.165) is 93.4 Å². The minimum Gasteiger partial charge on any atom is -0.497 e. The number of unbranched alkanes of at least 4 members (excludes halogenated alkanes) is 1. The number of hydrogen-bond donors (Lipinski definition) is 0. The average Bonchev–Trinajstić information content (AvgIpc) is 3.44. The zero-order valence-corrected chi connectivity index (χ0v) is 43.3. The molecule has 0 saturated heterocycles. The molecule has 0 atom stereocenters. The second-order valence-electron chi connectivity index (χ2n) is 16.4. The van der Waals surface area contributed by atoms with Gasteiger partial charge in [-0.3, -0.25) is 0 Å². The van der Waals surface area contributed by atoms with Crippen molar-refractivity contribution in [3.05, 3.63) is 194 Å². The van der Waals surface area contributed by atoms with Crippen molar-refractivity contribution in [3.8, 4) is 90.5 Å². The summed E-state index contributed by atoms with van der Waals surface area (Å²) in [6.07, 6.45) is 3.10. The van der Waals surface area contributed by atoms with E-state index in [0.29, 0.717) is 13.2 Å². The largest absolute Gasteiger partial charge is 0.497 e. The molecule has 0 radical (unpaired) electrons. The maximum Gasteiger partial charge on any atom is 0.387 e. The highest BCUT2D eigenvalue weighted by atomic mass is 19.3. The fraction of sp³-hybridized carbons (Fsp3) is 0.226. The maximum atomic E-state index is 12.1. The van der Waals surface area contributed by atoms with E-state index in [4.69, 9.17) is 18.9 Å². The molecule has 0 spiro atoms. The van der Waals surface area contributed by atoms with Crippen molar-refractivity contribution in [2.45, 2.75) is 66.5 Å². The molecule has 0 unspecified atom stereocenters. The van der Waals surface area contributed by atoms with Crippen molar-refractivity contribution in [3.63, 3.8) is 0 Å². The molecule has 0 aliphatic heterocycles. The predicted molar refractivity (Wildman–Crippen MR) is 288 cm³/mol. The monoisotopic (exact) mass is 1080 g/mol. The fourth-order valence-corrected chi connectivity index (χ4v) is 7.05. The second kappa shape index (κ2) is 32.9. The maximum absolute atomic E-state index is 12.1. The van der Waals surface area contributed by atoms with Gasteiger partial charge < -0.3 is 37.9 Å². The van der Waals surface area contributed by atoms with E-state index in [1.54, 1.807) is 55.6 Å². The molecule has 0 amide bonds. The van der Waals surface area contributed by atoms with Crippen molar-refractivity contribution in [2.75, 3.05) is 26.9 Å². The van der Waals surface area contributed by atoms with Gasteiger partial charge in [0, 0.05) is 0 Å². The topological polar surface area (TPSA) is 73.8 Å². The molecule has 0 N–H and O–H groups in total. The van der Waals surface area contributed by atoms with Gasteiger partial charge in [-0.1, -0.05) is 117 Å². The first-order chi connectivity index (χ1) is 37.7. The molecule has 0 saturated carbocycles. The van der Waals surface area contributed by atoms with E-state index in [9.17, 15) is 35.1 Å². The Morgan fingerprint density at radius 3 is 0.692 bits per heavy atom. The third-order valence-electron chi connectivity index (χ3n) is 10.9. The van der Waals surface area contributed by atoms with Gasteiger partial charge in [-0.05, 0) is 161 Å². The summed E-state index contributed by atoms with van der Waals surface area (Å²) in [7, 11) is 1.60. The molecule has 0 heterocycles. The number of halogens is 8. The first-order valence-electron chi connectivity index (χ1n) is 24.8. The lowest BCUT2D eigenvalue weighted by molar-refractivity contribution is -0.0505. The molecule has 0 aliphatic carbocycles. The molecule has 0 aromatic heterocycles. The van der Waals surface area contributed by atoms with Crippen LogP contribution in [-0.2, 0) is 0 Å². The van der Waals surface area contributed by atoms with Crippen LogP contribution < -0.4 is 37.9 Å². The van der Waals surface area contributed by atoms with Crippen LogP contribution in [0.15, 0.2) is 194 Å². The van der Waals surface area contributed by atoms with Gasteiger partial charge in [0.15, 0.2) is 0 Å². The molecule has 8 nitrogen and oxygen atoms in total. The third kappa shape index (κ3) is 21.7. The van der Waals surface area contributed by atoms with Gasteiger partial charge >= 0.3 is 26.4 Å². The van der Waals surface area contributed by atoms with E-state index in [1.807, 2.05) is 104 Å². The van der Waals surface area contributed by atoms with Crippen LogP contribution in [0.2, 0.25) is 0 Å². The standard InChI is InChI=1S/C17H18F2O2.C16H16F2O2.C15H14F2O2.C14H12F2O2/c1-2-3-12-20-15-8-4-13(5-9-15)14-6-10-16(11-7-14)21-17(18)19;1-2-11-19-14-7-3-12(4-8-14)13-5-9-15(10-6-13)20-16(17)18;1-2-18-13-7-3-11(4-8-13)12-5-9-14(10-6-12)19-15(16)17;1-17-12-6-2-10(3-7-12)11-4-8-13(9-5-11)18-14(15)16/h4-11,17H,2-3,12H2,1H3;3-10,16H,2,11H2,1H3;3-10,15H,2H2,1H3;2-9,14H,1H3. The van der Waals surface area contributed by atoms with Crippen LogP contribution in [0, 0.1) is 0 Å². The Hall–Kier alpha value is -8.40. The zero-order valence-electron chi connectivity index (χ0n) is 43.3. The van der Waals surface area contributed by atoms with E-state index >= 15 is 0 Å². The molecule has 8 aromatic rings. The minimum absolute atomic E-state index is 0.155. The third-order valence-corrected chi connectivity index (χ3v) is 10.9. The summed E-state index contributed by atoms with van der Waals surface area (Å²) in [5.41, 5.74) is 7.72. The number of benzene rings is 8. The Balaban J connectivity index is 0.000000192. The molecule has 16 heteroatoms. The van der Waals surface area contributed by atoms with Crippen LogP contribution in [0.4, 0.5) is 35.1 Å². The number of rotatable bonds is 22. The summed E-state index contributed by atoms with van der Waals surface area (Å²) in [6, 6.07) is 56.7. The molecule has 412 valence electrons. The fourth-order valence-electron chi connectivity index (χ4n) is 7.05. The van der Waals surface area contributed by atoms with Crippen LogP contribution in [0.5, 0.6) is 46.0 Å². The van der Waals surface area contributed by atoms with Crippen molar-refractivity contribution in [2.24, 2.45) is 0 Å². The van der Waals surface area contributed by atoms with E-state index in [-0.39, 0.29) is 23.0 Å². The Morgan fingerprint density at radius 2 is 0.487 bits per heavy atom. The molecule has 78 heavy (non-hydrogen) atoms. The molecule has 8 aromatic carbocycles. The Kier molecular flexibility index (Phi) is 25.5. The molecule has 0 fully saturated rings. The normalized spacial score (nSPS) is 10.6. The SMILES string of the molecule is CCCCOc1ccc(-c2ccc(OC(F)F)cc2)cc1.CCCOc1ccc(-c2ccc(OC(F)F)cc2)cc1.CCOc1ccc(-c2ccc(OC(F)F)cc2)cc1.COc1ccc(-c2ccc(OC(F)F)cc2)cc1. The van der Waals surface area contributed by atoms with Crippen molar-refractivity contribution in [1.82, 2.24) is 0 Å². The van der Waals surface area contributed by atoms with Crippen LogP contribution in [0.25, 0.3) is 44.5 Å². The van der Waals surface area contributed by atoms with Crippen LogP contribution >= 0.6 is 0 Å². The zero-order chi connectivity index (χ0) is 56.1. The Bertz CT molecular complexity index is 2860. The first kappa shape index (κ1) is 60.5. The molecule has 8 rings (SSSR count). The van der Waals surface area contributed by atoms with E-state index in [2.05, 4.69) is 32.8 Å². The van der Waals surface area contributed by atoms with Gasteiger partial charge in [0.25, 0.3) is 0 Å². The first-order valence-corrected chi connectivity index (χ1v) is 24.8. The van der Waals surface area contributed by atoms with E-state index < -0.39 is 26.4 Å². The minimum atomic E-state index is -2.80. The summed E-state index contributed by atoms with van der Waals surface area (Å²) < 4.78 is 135. The number of hydrogen-bond acceptors (Lipinski definition) is 8. The highest BCUT2D eigenvalue weighted by Crippen LogP contribution is 2.29. The number of ether oxygens (including phenoxy) is 8. The van der Waals surface area contributed by atoms with Crippen LogP contribution in [0.1, 0.15) is 40.0 Å². The Morgan fingerprint density at radius 1 is 0.269 bits per heavy atom. The lowest BCUT2D eigenvalue weighted by atomic mass is 10.1. The summed E-state index contributed by atoms with van der Waals surface area (Å²) in [5, 5.41) is 0. The highest BCUT2D eigenvalue weighted by molar-refractivity contribution is 5.67. The molecular weight excluding hydrogens is 1020 g/mol. The van der Waals surface area contributed by atoms with Gasteiger partial charge in [0.1, 0.15) is 46.0 Å². The smallest absolute Gasteiger partial charge is 0.387 e. The van der Waals surface area contributed by atoms with Crippen molar-refractivity contribution < 1.29 is 73.0 Å². The number of methoxy groups -OCH3 is 1. The average molecular weight is 1090 g/mol. The summed E-state index contributed by atoms with van der Waals surface area (Å²) in [6.45, 7) is -3.05. The van der Waals surface area contributed by atoms with Crippen LogP contribution in [0.3, 0.4) is 0 Å². The molecule has 0 aliphatic rings. The second-order valence-corrected chi connectivity index (χ2v) is 16.4. The summed E-state index contributed by atoms with van der Waals surface area (Å²) in [5.74, 6) is 3.88. The molecular formula is C62H60F8O8. The van der Waals surface area contributed by atoms with Crippen molar-refractivity contribution in [1.29, 1.82) is 0 Å². The van der Waals surface area contributed by atoms with Crippen LogP contribution in [-0.4, -0.2) is 53.4 Å². The quantitative estimate of drug-likeness (QED) is 0.0491. The van der Waals surface area contributed by atoms with Gasteiger partial charge in [0.2, 0.25) is 0 Å². The van der Waals surface area contributed by atoms with Gasteiger partial charge in [0.05, 0.1) is 26.9 Å². The summed E-state index contributed by atoms with van der Waals surface area (Å²) in [4.78, 5) is 0. The number of alkyl halides is 8. The van der Waals surface area contributed by atoms with Gasteiger partial charge in [-0.2, -0.15) is 35.1 Å². The van der Waals surface area contributed by atoms with Crippen molar-refractivity contribution >= 4 is 0 Å². The predicted octanol–water partition coefficient (Wildman–Crippen LogP) is 18.2. The molecule has 0 bridgehead atoms. The lowest BCUT2D eigenvalue weighted by Gasteiger charge is -2.08. The lowest BCUT2D eigenvalue weighted by Crippen LogP contribution is -2.01. The van der Waals surface area contributed by atoms with Gasteiger partial charge in [-0.15, -0.1) is 0 Å². The van der Waals surface area contributed by atoms with Gasteiger partial charge in [-0.25, -0.2) is 0 Å². The summed E-state index contributed by atoms with van der Waals surface area (Å²) >= 11 is 0. The Labute approximate surface area is 449 Å².